The number of halogens is 1. The summed E-state index contributed by atoms with van der Waals surface area (Å²) in [6.07, 6.45) is 2.73. The number of amides is 1. The molecule has 2 aromatic carbocycles. The second-order valence-corrected chi connectivity index (χ2v) is 6.78. The van der Waals surface area contributed by atoms with Crippen LogP contribution in [0.2, 0.25) is 0 Å². The molecular weight excluding hydrogens is 320 g/mol. The van der Waals surface area contributed by atoms with Crippen molar-refractivity contribution in [3.8, 4) is 11.1 Å². The van der Waals surface area contributed by atoms with E-state index in [4.69, 9.17) is 5.73 Å². The molecule has 0 saturated heterocycles. The average Bonchev–Trinajstić information content (AvgIpc) is 2.93. The van der Waals surface area contributed by atoms with Crippen molar-refractivity contribution in [2.75, 3.05) is 0 Å². The van der Waals surface area contributed by atoms with E-state index >= 15 is 0 Å². The minimum Gasteiger partial charge on any atom is -0.334 e. The summed E-state index contributed by atoms with van der Waals surface area (Å²) in [5, 5.41) is 0. The van der Waals surface area contributed by atoms with Gasteiger partial charge in [-0.3, -0.25) is 4.79 Å². The van der Waals surface area contributed by atoms with E-state index in [2.05, 4.69) is 48.5 Å². The van der Waals surface area contributed by atoms with Gasteiger partial charge < -0.3 is 10.6 Å². The molecule has 0 bridgehead atoms. The molecule has 4 heteroatoms. The first-order valence-electron chi connectivity index (χ1n) is 8.43. The van der Waals surface area contributed by atoms with Crippen molar-refractivity contribution in [3.05, 3.63) is 59.7 Å². The Morgan fingerprint density at radius 1 is 0.917 bits per heavy atom. The van der Waals surface area contributed by atoms with Crippen molar-refractivity contribution in [1.29, 1.82) is 0 Å². The first kappa shape index (κ1) is 17.0. The number of carbonyl (C=O) groups excluding carboxylic acids is 1. The summed E-state index contributed by atoms with van der Waals surface area (Å²) in [5.41, 5.74) is 11.0. The number of benzene rings is 2. The predicted molar refractivity (Wildman–Crippen MR) is 98.7 cm³/mol. The monoisotopic (exact) mass is 342 g/mol. The van der Waals surface area contributed by atoms with Crippen LogP contribution in [0.1, 0.15) is 30.4 Å². The summed E-state index contributed by atoms with van der Waals surface area (Å²) in [7, 11) is 0. The third-order valence-corrected chi connectivity index (χ3v) is 5.18. The zero-order valence-corrected chi connectivity index (χ0v) is 14.5. The van der Waals surface area contributed by atoms with Gasteiger partial charge in [-0.1, -0.05) is 48.5 Å². The van der Waals surface area contributed by atoms with Crippen molar-refractivity contribution in [2.24, 2.45) is 11.7 Å². The van der Waals surface area contributed by atoms with Crippen molar-refractivity contribution in [2.45, 2.75) is 38.4 Å². The largest absolute Gasteiger partial charge is 0.334 e. The van der Waals surface area contributed by atoms with Crippen LogP contribution < -0.4 is 5.73 Å². The molecule has 1 saturated carbocycles. The Morgan fingerprint density at radius 2 is 1.46 bits per heavy atom. The highest BCUT2D eigenvalue weighted by Gasteiger charge is 2.32. The highest BCUT2D eigenvalue weighted by molar-refractivity contribution is 5.85. The van der Waals surface area contributed by atoms with Crippen LogP contribution in [-0.2, 0) is 17.9 Å². The number of fused-ring (bicyclic) bond motifs is 3. The summed E-state index contributed by atoms with van der Waals surface area (Å²) < 4.78 is 0. The molecule has 126 valence electrons. The van der Waals surface area contributed by atoms with Gasteiger partial charge in [0.05, 0.1) is 0 Å². The van der Waals surface area contributed by atoms with Gasteiger partial charge in [0.15, 0.2) is 0 Å². The highest BCUT2D eigenvalue weighted by Crippen LogP contribution is 2.34. The molecule has 2 atom stereocenters. The standard InChI is InChI=1S/C20H22N2O.ClH/c21-17-10-9-14(11-17)20(23)22-12-15-5-1-3-7-18(15)19-8-4-2-6-16(19)13-22;/h1-8,14,17H,9-13,21H2;1H. The molecule has 24 heavy (non-hydrogen) atoms. The number of nitrogens with two attached hydrogens (primary N) is 1. The van der Waals surface area contributed by atoms with Gasteiger partial charge >= 0.3 is 0 Å². The van der Waals surface area contributed by atoms with E-state index in [-0.39, 0.29) is 30.3 Å². The maximum Gasteiger partial charge on any atom is 0.226 e. The summed E-state index contributed by atoms with van der Waals surface area (Å²) in [5.74, 6) is 0.367. The lowest BCUT2D eigenvalue weighted by molar-refractivity contribution is -0.136. The first-order valence-corrected chi connectivity index (χ1v) is 8.43. The van der Waals surface area contributed by atoms with Gasteiger partial charge in [-0.15, -0.1) is 12.4 Å². The van der Waals surface area contributed by atoms with E-state index in [1.54, 1.807) is 0 Å². The summed E-state index contributed by atoms with van der Waals surface area (Å²) in [6.45, 7) is 1.38. The van der Waals surface area contributed by atoms with Gasteiger partial charge in [-0.05, 0) is 41.5 Å². The lowest BCUT2D eigenvalue weighted by Gasteiger charge is -2.25. The minimum absolute atomic E-state index is 0. The molecule has 2 aromatic rings. The van der Waals surface area contributed by atoms with E-state index in [9.17, 15) is 4.79 Å². The van der Waals surface area contributed by atoms with E-state index in [1.807, 2.05) is 4.90 Å². The number of carbonyl (C=O) groups is 1. The SMILES string of the molecule is Cl.NC1CCC(C(=O)N2Cc3ccccc3-c3ccccc3C2)C1. The summed E-state index contributed by atoms with van der Waals surface area (Å²) in [6, 6.07) is 17.0. The summed E-state index contributed by atoms with van der Waals surface area (Å²) >= 11 is 0. The Hall–Kier alpha value is -1.84. The van der Waals surface area contributed by atoms with Gasteiger partial charge in [0.2, 0.25) is 5.91 Å². The number of nitrogens with zero attached hydrogens (tertiary/aromatic N) is 1. The van der Waals surface area contributed by atoms with Crippen LogP contribution in [0, 0.1) is 5.92 Å². The van der Waals surface area contributed by atoms with Crippen molar-refractivity contribution >= 4 is 18.3 Å². The number of hydrogen-bond acceptors (Lipinski definition) is 2. The average molecular weight is 343 g/mol. The van der Waals surface area contributed by atoms with E-state index < -0.39 is 0 Å². The van der Waals surface area contributed by atoms with Gasteiger partial charge in [-0.2, -0.15) is 0 Å². The normalized spacial score (nSPS) is 22.1. The maximum absolute atomic E-state index is 13.0. The van der Waals surface area contributed by atoms with Crippen LogP contribution in [0.5, 0.6) is 0 Å². The molecule has 0 radical (unpaired) electrons. The lowest BCUT2D eigenvalue weighted by atomic mass is 9.97. The molecular formula is C20H23ClN2O. The van der Waals surface area contributed by atoms with Crippen LogP contribution >= 0.6 is 12.4 Å². The second kappa shape index (κ2) is 6.96. The molecule has 1 aliphatic carbocycles. The number of hydrogen-bond donors (Lipinski definition) is 1. The van der Waals surface area contributed by atoms with Crippen LogP contribution in [0.4, 0.5) is 0 Å². The Kier molecular flexibility index (Phi) is 4.93. The van der Waals surface area contributed by atoms with E-state index in [0.29, 0.717) is 13.1 Å². The maximum atomic E-state index is 13.0. The van der Waals surface area contributed by atoms with E-state index in [0.717, 1.165) is 19.3 Å². The molecule has 2 aliphatic rings. The predicted octanol–water partition coefficient (Wildman–Crippen LogP) is 3.75. The zero-order valence-electron chi connectivity index (χ0n) is 13.7. The third-order valence-electron chi connectivity index (χ3n) is 5.18. The molecule has 1 heterocycles. The Morgan fingerprint density at radius 3 is 1.96 bits per heavy atom. The van der Waals surface area contributed by atoms with Crippen LogP contribution in [0.15, 0.2) is 48.5 Å². The van der Waals surface area contributed by atoms with Gasteiger partial charge in [-0.25, -0.2) is 0 Å². The molecule has 4 rings (SSSR count). The quantitative estimate of drug-likeness (QED) is 0.858. The molecule has 2 unspecified atom stereocenters. The molecule has 1 amide bonds. The molecule has 1 fully saturated rings. The molecule has 2 N–H and O–H groups in total. The fourth-order valence-electron chi connectivity index (χ4n) is 3.96. The third kappa shape index (κ3) is 3.06. The van der Waals surface area contributed by atoms with Crippen molar-refractivity contribution in [1.82, 2.24) is 4.90 Å². The topological polar surface area (TPSA) is 46.3 Å². The van der Waals surface area contributed by atoms with Gasteiger partial charge in [0, 0.05) is 25.0 Å². The number of rotatable bonds is 1. The molecule has 0 aromatic heterocycles. The Labute approximate surface area is 149 Å². The Bertz CT molecular complexity index is 698. The summed E-state index contributed by atoms with van der Waals surface area (Å²) in [4.78, 5) is 15.0. The fraction of sp³-hybridized carbons (Fsp3) is 0.350. The molecule has 3 nitrogen and oxygen atoms in total. The smallest absolute Gasteiger partial charge is 0.226 e. The van der Waals surface area contributed by atoms with Crippen molar-refractivity contribution < 1.29 is 4.79 Å². The van der Waals surface area contributed by atoms with Crippen LogP contribution in [0.3, 0.4) is 0 Å². The molecule has 0 spiro atoms. The van der Waals surface area contributed by atoms with Crippen molar-refractivity contribution in [3.63, 3.8) is 0 Å². The fourth-order valence-corrected chi connectivity index (χ4v) is 3.96. The highest BCUT2D eigenvalue weighted by atomic mass is 35.5. The first-order chi connectivity index (χ1) is 11.2. The van der Waals surface area contributed by atoms with Gasteiger partial charge in [0.25, 0.3) is 0 Å². The Balaban J connectivity index is 0.00000169. The van der Waals surface area contributed by atoms with Crippen LogP contribution in [-0.4, -0.2) is 16.8 Å². The van der Waals surface area contributed by atoms with E-state index in [1.165, 1.54) is 22.3 Å². The van der Waals surface area contributed by atoms with Gasteiger partial charge in [0.1, 0.15) is 0 Å². The molecule has 1 aliphatic heterocycles. The lowest BCUT2D eigenvalue weighted by Crippen LogP contribution is -2.34. The minimum atomic E-state index is 0. The second-order valence-electron chi connectivity index (χ2n) is 6.78. The van der Waals surface area contributed by atoms with Crippen LogP contribution in [0.25, 0.3) is 11.1 Å². The zero-order chi connectivity index (χ0) is 15.8.